The van der Waals surface area contributed by atoms with Gasteiger partial charge in [-0.3, -0.25) is 9.93 Å². The van der Waals surface area contributed by atoms with E-state index in [4.69, 9.17) is 15.2 Å². The van der Waals surface area contributed by atoms with Crippen LogP contribution in [0.4, 0.5) is 0 Å². The maximum absolute atomic E-state index is 8.69. The summed E-state index contributed by atoms with van der Waals surface area (Å²) < 4.78 is 6.42. The van der Waals surface area contributed by atoms with Gasteiger partial charge in [-0.25, -0.2) is 0 Å². The summed E-state index contributed by atoms with van der Waals surface area (Å²) in [5.74, 6) is 2.21. The minimum Gasteiger partial charge on any atom is -0.298 e. The Balaban J connectivity index is 2.42. The van der Waals surface area contributed by atoms with Crippen LogP contribution in [0.5, 0.6) is 0 Å². The van der Waals surface area contributed by atoms with Gasteiger partial charge in [-0.05, 0) is 4.68 Å². The number of nitrogens with zero attached hydrogens (tertiary/aromatic N) is 3. The summed E-state index contributed by atoms with van der Waals surface area (Å²) >= 11 is 0. The fraction of sp³-hybridized carbons (Fsp3) is 0. The third-order valence-corrected chi connectivity index (χ3v) is 1.97. The van der Waals surface area contributed by atoms with E-state index in [9.17, 15) is 0 Å². The zero-order chi connectivity index (χ0) is 11.4. The molecule has 0 aliphatic carbocycles. The number of nitriles is 1. The molecule has 0 amide bonds. The Bertz CT molecular complexity index is 588. The number of allylic oxidation sites excluding steroid dienone is 1. The molecular formula is C11H7N4O+. The molecule has 1 aromatic heterocycles. The molecule has 76 valence electrons. The molecular weight excluding hydrogens is 204 g/mol. The van der Waals surface area contributed by atoms with E-state index in [0.29, 0.717) is 0 Å². The summed E-state index contributed by atoms with van der Waals surface area (Å²) in [6.07, 6.45) is 1.54. The van der Waals surface area contributed by atoms with Crippen LogP contribution in [0.3, 0.4) is 0 Å². The number of hydrogen-bond donors (Lipinski definition) is 1. The highest BCUT2D eigenvalue weighted by Gasteiger charge is 2.17. The quantitative estimate of drug-likeness (QED) is 0.459. The van der Waals surface area contributed by atoms with Gasteiger partial charge >= 0.3 is 0 Å². The maximum atomic E-state index is 8.69. The van der Waals surface area contributed by atoms with Crippen LogP contribution in [-0.4, -0.2) is 11.1 Å². The summed E-state index contributed by atoms with van der Waals surface area (Å²) in [5.41, 5.74) is 0.835. The molecule has 0 saturated heterocycles. The van der Waals surface area contributed by atoms with Crippen molar-refractivity contribution in [1.29, 1.82) is 10.7 Å². The van der Waals surface area contributed by atoms with Crippen molar-refractivity contribution in [3.05, 3.63) is 42.3 Å². The third-order valence-electron chi connectivity index (χ3n) is 1.97. The fourth-order valence-electron chi connectivity index (χ4n) is 1.20. The number of rotatable bonds is 2. The number of hydrogen-bond acceptors (Lipinski definition) is 4. The highest BCUT2D eigenvalue weighted by Crippen LogP contribution is 2.07. The minimum atomic E-state index is 0.0159. The summed E-state index contributed by atoms with van der Waals surface area (Å²) in [5, 5.41) is 19.3. The van der Waals surface area contributed by atoms with Crippen LogP contribution in [0.15, 0.2) is 41.1 Å². The lowest BCUT2D eigenvalue weighted by atomic mass is 10.3. The summed E-state index contributed by atoms with van der Waals surface area (Å²) in [6.45, 7) is 0. The van der Waals surface area contributed by atoms with Crippen LogP contribution in [0, 0.1) is 16.7 Å². The first-order valence-electron chi connectivity index (χ1n) is 4.49. The molecule has 16 heavy (non-hydrogen) atoms. The van der Waals surface area contributed by atoms with Crippen LogP contribution in [0.2, 0.25) is 0 Å². The van der Waals surface area contributed by atoms with E-state index in [1.807, 2.05) is 36.2 Å². The molecule has 0 unspecified atom stereocenters. The second kappa shape index (κ2) is 4.22. The molecule has 1 N–H and O–H groups in total. The van der Waals surface area contributed by atoms with Gasteiger partial charge in [0.1, 0.15) is 6.07 Å². The van der Waals surface area contributed by atoms with Crippen molar-refractivity contribution < 1.29 is 9.20 Å². The van der Waals surface area contributed by atoms with E-state index in [2.05, 4.69) is 5.27 Å². The molecule has 1 heterocycles. The molecule has 0 bridgehead atoms. The van der Waals surface area contributed by atoms with E-state index < -0.39 is 0 Å². The number of benzene rings is 1. The Morgan fingerprint density at radius 2 is 2.12 bits per heavy atom. The molecule has 0 radical (unpaired) electrons. The molecule has 2 rings (SSSR count). The minimum absolute atomic E-state index is 0.0159. The highest BCUT2D eigenvalue weighted by molar-refractivity contribution is 5.94. The largest absolute Gasteiger partial charge is 0.298 e. The molecule has 0 saturated carbocycles. The van der Waals surface area contributed by atoms with Gasteiger partial charge in [0.2, 0.25) is 11.0 Å². The zero-order valence-electron chi connectivity index (χ0n) is 8.21. The van der Waals surface area contributed by atoms with E-state index in [0.717, 1.165) is 5.69 Å². The number of aromatic nitrogens is 2. The predicted molar refractivity (Wildman–Crippen MR) is 54.8 cm³/mol. The predicted octanol–water partition coefficient (Wildman–Crippen LogP) is 1.11. The van der Waals surface area contributed by atoms with E-state index in [1.54, 1.807) is 6.07 Å². The molecule has 1 aromatic carbocycles. The number of para-hydroxylation sites is 1. The molecule has 5 nitrogen and oxygen atoms in total. The van der Waals surface area contributed by atoms with Crippen LogP contribution in [-0.2, 0) is 0 Å². The molecule has 2 aromatic rings. The first-order chi connectivity index (χ1) is 7.85. The van der Waals surface area contributed by atoms with Crippen molar-refractivity contribution >= 4 is 11.4 Å². The maximum Gasteiger partial charge on any atom is 0.257 e. The summed E-state index contributed by atoms with van der Waals surface area (Å²) in [7, 11) is 0. The fourth-order valence-corrected chi connectivity index (χ4v) is 1.20. The van der Waals surface area contributed by atoms with Crippen LogP contribution in [0.1, 0.15) is 5.76 Å². The van der Waals surface area contributed by atoms with Crippen molar-refractivity contribution in [2.75, 3.05) is 0 Å². The second-order valence-electron chi connectivity index (χ2n) is 2.96. The topological polar surface area (TPSA) is 77.5 Å². The van der Waals surface area contributed by atoms with Crippen molar-refractivity contribution in [2.24, 2.45) is 0 Å². The van der Waals surface area contributed by atoms with E-state index in [-0.39, 0.29) is 11.3 Å². The van der Waals surface area contributed by atoms with Gasteiger partial charge in [-0.15, -0.1) is 0 Å². The normalized spacial score (nSPS) is 9.19. The van der Waals surface area contributed by atoms with Gasteiger partial charge in [-0.1, -0.05) is 18.2 Å². The Labute approximate surface area is 91.3 Å². The highest BCUT2D eigenvalue weighted by atomic mass is 16.5. The lowest BCUT2D eigenvalue weighted by Gasteiger charge is -1.83. The van der Waals surface area contributed by atoms with Gasteiger partial charge in [-0.2, -0.15) is 5.26 Å². The van der Waals surface area contributed by atoms with Crippen LogP contribution < -0.4 is 4.68 Å². The summed E-state index contributed by atoms with van der Waals surface area (Å²) in [6, 6.07) is 11.1. The van der Waals surface area contributed by atoms with Gasteiger partial charge in [0, 0.05) is 18.0 Å². The first kappa shape index (κ1) is 9.84. The van der Waals surface area contributed by atoms with Crippen molar-refractivity contribution in [2.45, 2.75) is 0 Å². The Morgan fingerprint density at radius 3 is 2.75 bits per heavy atom. The zero-order valence-corrected chi connectivity index (χ0v) is 8.21. The number of nitrogens with one attached hydrogen (secondary N) is 1. The van der Waals surface area contributed by atoms with Crippen molar-refractivity contribution in [3.8, 4) is 11.8 Å². The molecule has 0 atom stereocenters. The van der Waals surface area contributed by atoms with Gasteiger partial charge in [0.05, 0.1) is 0 Å². The Morgan fingerprint density at radius 1 is 1.38 bits per heavy atom. The molecule has 0 fully saturated rings. The standard InChI is InChI=1S/C11H7N4O/c12-6-9(7-13)11-8-15(14-16-11)10-4-2-1-3-5-10/h1-5,8,12H/q+1. The van der Waals surface area contributed by atoms with Crippen molar-refractivity contribution in [1.82, 2.24) is 5.27 Å². The average molecular weight is 211 g/mol. The van der Waals surface area contributed by atoms with Gasteiger partial charge in [0.15, 0.2) is 5.57 Å². The van der Waals surface area contributed by atoms with Gasteiger partial charge < -0.3 is 0 Å². The van der Waals surface area contributed by atoms with E-state index in [1.165, 1.54) is 10.9 Å². The molecule has 0 spiro atoms. The third kappa shape index (κ3) is 1.73. The van der Waals surface area contributed by atoms with Crippen LogP contribution >= 0.6 is 0 Å². The van der Waals surface area contributed by atoms with E-state index >= 15 is 0 Å². The SMILES string of the molecule is N#CC(=C=N)c1c[n+](-c2ccccc2)no1. The van der Waals surface area contributed by atoms with Crippen LogP contribution in [0.25, 0.3) is 11.3 Å². The molecule has 5 heteroatoms. The first-order valence-corrected chi connectivity index (χ1v) is 4.49. The average Bonchev–Trinajstić information content (AvgIpc) is 2.81. The lowest BCUT2D eigenvalue weighted by molar-refractivity contribution is -0.670. The molecule has 0 aliphatic heterocycles. The Hall–Kier alpha value is -2.70. The second-order valence-corrected chi connectivity index (χ2v) is 2.96. The smallest absolute Gasteiger partial charge is 0.257 e. The molecule has 0 aliphatic rings. The van der Waals surface area contributed by atoms with Gasteiger partial charge in [0.25, 0.3) is 12.0 Å². The Kier molecular flexibility index (Phi) is 2.59. The monoisotopic (exact) mass is 211 g/mol. The lowest BCUT2D eigenvalue weighted by Crippen LogP contribution is -2.31. The summed E-state index contributed by atoms with van der Waals surface area (Å²) in [4.78, 5) is 0. The van der Waals surface area contributed by atoms with Crippen molar-refractivity contribution in [3.63, 3.8) is 0 Å².